The van der Waals surface area contributed by atoms with E-state index < -0.39 is 5.54 Å². The van der Waals surface area contributed by atoms with Gasteiger partial charge >= 0.3 is 0 Å². The molecule has 2 nitrogen and oxygen atoms in total. The van der Waals surface area contributed by atoms with Crippen molar-refractivity contribution in [3.8, 4) is 11.1 Å². The number of carbonyl (C=O) groups is 1. The van der Waals surface area contributed by atoms with Crippen LogP contribution in [0.1, 0.15) is 36.7 Å². The van der Waals surface area contributed by atoms with Gasteiger partial charge in [-0.15, -0.1) is 0 Å². The first-order chi connectivity index (χ1) is 12.6. The Balaban J connectivity index is 2.03. The Labute approximate surface area is 156 Å². The molecule has 0 aromatic heterocycles. The summed E-state index contributed by atoms with van der Waals surface area (Å²) in [4.78, 5) is 15.5. The molecule has 1 amide bonds. The fourth-order valence-electron chi connectivity index (χ4n) is 3.48. The summed E-state index contributed by atoms with van der Waals surface area (Å²) in [5, 5.41) is 0. The maximum Gasteiger partial charge on any atom is 0.255 e. The third-order valence-corrected chi connectivity index (χ3v) is 4.96. The summed E-state index contributed by atoms with van der Waals surface area (Å²) in [6.45, 7) is 6.89. The van der Waals surface area contributed by atoms with Crippen LogP contribution in [-0.2, 0) is 5.54 Å². The van der Waals surface area contributed by atoms with Gasteiger partial charge in [0.05, 0.1) is 5.54 Å². The topological polar surface area (TPSA) is 20.3 Å². The maximum atomic E-state index is 13.5. The van der Waals surface area contributed by atoms with Gasteiger partial charge in [0.1, 0.15) is 0 Å². The summed E-state index contributed by atoms with van der Waals surface area (Å²) in [5.41, 5.74) is 3.51. The molecule has 3 rings (SSSR count). The van der Waals surface area contributed by atoms with Gasteiger partial charge in [-0.05, 0) is 43.5 Å². The fourth-order valence-corrected chi connectivity index (χ4v) is 3.48. The molecule has 0 saturated heterocycles. The molecule has 0 unspecified atom stereocenters. The summed E-state index contributed by atoms with van der Waals surface area (Å²) in [7, 11) is 0. The number of hydrogen-bond acceptors (Lipinski definition) is 1. The highest BCUT2D eigenvalue weighted by Gasteiger charge is 2.32. The highest BCUT2D eigenvalue weighted by molar-refractivity contribution is 6.01. The van der Waals surface area contributed by atoms with Gasteiger partial charge in [0, 0.05) is 12.1 Å². The molecule has 0 atom stereocenters. The smallest absolute Gasteiger partial charge is 0.255 e. The van der Waals surface area contributed by atoms with Crippen LogP contribution >= 0.6 is 0 Å². The van der Waals surface area contributed by atoms with Crippen molar-refractivity contribution < 1.29 is 4.79 Å². The summed E-state index contributed by atoms with van der Waals surface area (Å²) in [6, 6.07) is 28.2. The highest BCUT2D eigenvalue weighted by Crippen LogP contribution is 2.31. The zero-order valence-electron chi connectivity index (χ0n) is 15.6. The Morgan fingerprint density at radius 2 is 1.35 bits per heavy atom. The van der Waals surface area contributed by atoms with Crippen LogP contribution in [0.4, 0.5) is 0 Å². The van der Waals surface area contributed by atoms with Gasteiger partial charge in [-0.2, -0.15) is 0 Å². The van der Waals surface area contributed by atoms with Crippen LogP contribution < -0.4 is 0 Å². The van der Waals surface area contributed by atoms with E-state index in [1.807, 2.05) is 84.6 Å². The van der Waals surface area contributed by atoms with Crippen molar-refractivity contribution in [1.82, 2.24) is 4.90 Å². The molecule has 0 aliphatic heterocycles. The molecule has 0 saturated carbocycles. The maximum absolute atomic E-state index is 13.5. The molecule has 132 valence electrons. The van der Waals surface area contributed by atoms with E-state index in [2.05, 4.69) is 26.0 Å². The molecule has 0 spiro atoms. The lowest BCUT2D eigenvalue weighted by molar-refractivity contribution is 0.0559. The Morgan fingerprint density at radius 1 is 0.808 bits per heavy atom. The average molecular weight is 343 g/mol. The minimum Gasteiger partial charge on any atom is -0.330 e. The fraction of sp³-hybridized carbons (Fsp3) is 0.208. The van der Waals surface area contributed by atoms with Crippen molar-refractivity contribution in [2.75, 3.05) is 6.54 Å². The molecule has 0 aliphatic rings. The number of hydrogen-bond donors (Lipinski definition) is 0. The minimum absolute atomic E-state index is 0.0563. The highest BCUT2D eigenvalue weighted by atomic mass is 16.2. The van der Waals surface area contributed by atoms with Crippen LogP contribution in [0.2, 0.25) is 0 Å². The van der Waals surface area contributed by atoms with E-state index in [9.17, 15) is 4.79 Å². The molecule has 0 bridgehead atoms. The van der Waals surface area contributed by atoms with Crippen LogP contribution in [0.5, 0.6) is 0 Å². The van der Waals surface area contributed by atoms with Gasteiger partial charge in [0.15, 0.2) is 0 Å². The van der Waals surface area contributed by atoms with Gasteiger partial charge in [0.2, 0.25) is 0 Å². The van der Waals surface area contributed by atoms with Crippen LogP contribution in [0.15, 0.2) is 84.9 Å². The zero-order chi connectivity index (χ0) is 18.6. The van der Waals surface area contributed by atoms with Crippen molar-refractivity contribution in [3.63, 3.8) is 0 Å². The van der Waals surface area contributed by atoms with Crippen LogP contribution in [0.25, 0.3) is 11.1 Å². The summed E-state index contributed by atoms with van der Waals surface area (Å²) in [5.74, 6) is 0.0563. The third-order valence-electron chi connectivity index (χ3n) is 4.96. The van der Waals surface area contributed by atoms with Crippen molar-refractivity contribution in [2.24, 2.45) is 0 Å². The van der Waals surface area contributed by atoms with Crippen molar-refractivity contribution in [1.29, 1.82) is 0 Å². The lowest BCUT2D eigenvalue weighted by Gasteiger charge is -2.39. The Morgan fingerprint density at radius 3 is 1.96 bits per heavy atom. The normalized spacial score (nSPS) is 11.2. The van der Waals surface area contributed by atoms with Gasteiger partial charge in [0.25, 0.3) is 5.91 Å². The van der Waals surface area contributed by atoms with Crippen molar-refractivity contribution >= 4 is 5.91 Å². The van der Waals surface area contributed by atoms with E-state index in [0.717, 1.165) is 22.3 Å². The average Bonchev–Trinajstić information content (AvgIpc) is 2.69. The predicted octanol–water partition coefficient (Wildman–Crippen LogP) is 5.75. The second-order valence-electron chi connectivity index (χ2n) is 6.89. The molecule has 3 aromatic carbocycles. The summed E-state index contributed by atoms with van der Waals surface area (Å²) in [6.07, 6.45) is 0. The van der Waals surface area contributed by atoms with E-state index in [1.165, 1.54) is 0 Å². The third kappa shape index (κ3) is 3.41. The molecule has 2 heteroatoms. The van der Waals surface area contributed by atoms with Gasteiger partial charge in [-0.3, -0.25) is 4.79 Å². The first-order valence-corrected chi connectivity index (χ1v) is 9.07. The molecule has 0 radical (unpaired) electrons. The largest absolute Gasteiger partial charge is 0.330 e. The molecular weight excluding hydrogens is 318 g/mol. The van der Waals surface area contributed by atoms with Gasteiger partial charge in [-0.1, -0.05) is 78.9 Å². The van der Waals surface area contributed by atoms with E-state index >= 15 is 0 Å². The number of benzene rings is 3. The Hall–Kier alpha value is -2.87. The molecule has 26 heavy (non-hydrogen) atoms. The molecule has 0 N–H and O–H groups in total. The number of carbonyl (C=O) groups excluding carboxylic acids is 1. The molecule has 0 aliphatic carbocycles. The number of amides is 1. The lowest BCUT2D eigenvalue weighted by Crippen LogP contribution is -2.45. The first-order valence-electron chi connectivity index (χ1n) is 9.07. The molecule has 3 aromatic rings. The second-order valence-corrected chi connectivity index (χ2v) is 6.89. The standard InChI is InChI=1S/C24H25NO/c1-4-25(24(2,3)20-15-9-6-10-16-20)23(26)22-18-12-11-17-21(22)19-13-7-5-8-14-19/h5-18H,4H2,1-3H3. The Bertz CT molecular complexity index is 869. The molecule has 0 fully saturated rings. The van der Waals surface area contributed by atoms with Crippen LogP contribution in [0, 0.1) is 0 Å². The van der Waals surface area contributed by atoms with Crippen LogP contribution in [-0.4, -0.2) is 17.4 Å². The second kappa shape index (κ2) is 7.57. The first kappa shape index (κ1) is 17.9. The quantitative estimate of drug-likeness (QED) is 0.577. The summed E-state index contributed by atoms with van der Waals surface area (Å²) >= 11 is 0. The Kier molecular flexibility index (Phi) is 5.22. The molecular formula is C24H25NO. The SMILES string of the molecule is CCN(C(=O)c1ccccc1-c1ccccc1)C(C)(C)c1ccccc1. The van der Waals surface area contributed by atoms with Crippen LogP contribution in [0.3, 0.4) is 0 Å². The van der Waals surface area contributed by atoms with E-state index in [0.29, 0.717) is 6.54 Å². The zero-order valence-corrected chi connectivity index (χ0v) is 15.6. The van der Waals surface area contributed by atoms with E-state index in [4.69, 9.17) is 0 Å². The minimum atomic E-state index is -0.392. The van der Waals surface area contributed by atoms with Gasteiger partial charge < -0.3 is 4.90 Å². The molecule has 0 heterocycles. The van der Waals surface area contributed by atoms with Crippen molar-refractivity contribution in [3.05, 3.63) is 96.1 Å². The van der Waals surface area contributed by atoms with E-state index in [-0.39, 0.29) is 5.91 Å². The summed E-state index contributed by atoms with van der Waals surface area (Å²) < 4.78 is 0. The van der Waals surface area contributed by atoms with Crippen molar-refractivity contribution in [2.45, 2.75) is 26.3 Å². The monoisotopic (exact) mass is 343 g/mol. The number of rotatable bonds is 5. The van der Waals surface area contributed by atoms with E-state index in [1.54, 1.807) is 0 Å². The van der Waals surface area contributed by atoms with Gasteiger partial charge in [-0.25, -0.2) is 0 Å². The predicted molar refractivity (Wildman–Crippen MR) is 108 cm³/mol. The number of nitrogens with zero attached hydrogens (tertiary/aromatic N) is 1. The lowest BCUT2D eigenvalue weighted by atomic mass is 9.90.